The van der Waals surface area contributed by atoms with Gasteiger partial charge in [-0.3, -0.25) is 0 Å². The van der Waals surface area contributed by atoms with Crippen molar-refractivity contribution in [3.63, 3.8) is 0 Å². The fourth-order valence-electron chi connectivity index (χ4n) is 2.43. The van der Waals surface area contributed by atoms with E-state index in [0.29, 0.717) is 6.42 Å². The maximum absolute atomic E-state index is 10.3. The smallest absolute Gasteiger partial charge is 0.121 e. The van der Waals surface area contributed by atoms with Crippen molar-refractivity contribution in [2.24, 2.45) is 5.92 Å². The van der Waals surface area contributed by atoms with Gasteiger partial charge in [0, 0.05) is 19.0 Å². The van der Waals surface area contributed by atoms with E-state index in [9.17, 15) is 4.79 Å². The van der Waals surface area contributed by atoms with E-state index in [0.717, 1.165) is 24.8 Å². The summed E-state index contributed by atoms with van der Waals surface area (Å²) in [4.78, 5) is 12.6. The Morgan fingerprint density at radius 2 is 1.93 bits per heavy atom. The third-order valence-corrected chi connectivity index (χ3v) is 3.62. The van der Waals surface area contributed by atoms with Crippen LogP contribution in [0.15, 0.2) is 0 Å². The van der Waals surface area contributed by atoms with E-state index < -0.39 is 0 Å². The molecule has 0 radical (unpaired) electrons. The molecule has 0 aliphatic heterocycles. The summed E-state index contributed by atoms with van der Waals surface area (Å²) in [7, 11) is 2.15. The maximum atomic E-state index is 10.3. The summed E-state index contributed by atoms with van der Waals surface area (Å²) in [5.41, 5.74) is 0. The van der Waals surface area contributed by atoms with Gasteiger partial charge in [0.15, 0.2) is 0 Å². The molecule has 1 rings (SSSR count). The molecule has 14 heavy (non-hydrogen) atoms. The van der Waals surface area contributed by atoms with Crippen LogP contribution >= 0.6 is 0 Å². The molecular weight excluding hydrogens is 174 g/mol. The van der Waals surface area contributed by atoms with Crippen molar-refractivity contribution >= 4 is 6.29 Å². The molecule has 0 N–H and O–H groups in total. The second kappa shape index (κ2) is 6.18. The average Bonchev–Trinajstić information content (AvgIpc) is 2.26. The van der Waals surface area contributed by atoms with E-state index in [2.05, 4.69) is 18.9 Å². The minimum atomic E-state index is 0.685. The summed E-state index contributed by atoms with van der Waals surface area (Å²) in [6.45, 7) is 3.23. The minimum absolute atomic E-state index is 0.685. The number of hydrogen-bond acceptors (Lipinski definition) is 2. The van der Waals surface area contributed by atoms with Gasteiger partial charge in [-0.1, -0.05) is 13.3 Å². The van der Waals surface area contributed by atoms with Gasteiger partial charge >= 0.3 is 0 Å². The Labute approximate surface area is 87.7 Å². The molecule has 0 aromatic carbocycles. The van der Waals surface area contributed by atoms with Crippen molar-refractivity contribution in [3.8, 4) is 0 Å². The summed E-state index contributed by atoms with van der Waals surface area (Å²) < 4.78 is 0. The zero-order valence-corrected chi connectivity index (χ0v) is 9.54. The fourth-order valence-corrected chi connectivity index (χ4v) is 2.43. The number of carbonyl (C=O) groups excluding carboxylic acids is 1. The highest BCUT2D eigenvalue weighted by atomic mass is 16.1. The van der Waals surface area contributed by atoms with Crippen LogP contribution in [-0.2, 0) is 4.79 Å². The molecule has 2 nitrogen and oxygen atoms in total. The Bertz CT molecular complexity index is 162. The Morgan fingerprint density at radius 3 is 2.43 bits per heavy atom. The SMILES string of the molecule is CCC1CCC(N(C)CCC=O)CC1. The van der Waals surface area contributed by atoms with Gasteiger partial charge in [-0.2, -0.15) is 0 Å². The van der Waals surface area contributed by atoms with Crippen molar-refractivity contribution in [2.45, 2.75) is 51.5 Å². The lowest BCUT2D eigenvalue weighted by atomic mass is 9.84. The molecule has 0 unspecified atom stereocenters. The lowest BCUT2D eigenvalue weighted by Gasteiger charge is -2.34. The van der Waals surface area contributed by atoms with Gasteiger partial charge in [0.25, 0.3) is 0 Å². The first-order valence-corrected chi connectivity index (χ1v) is 5.91. The predicted octanol–water partition coefficient (Wildman–Crippen LogP) is 2.48. The second-order valence-corrected chi connectivity index (χ2v) is 4.52. The molecule has 0 bridgehead atoms. The first-order chi connectivity index (χ1) is 6.77. The summed E-state index contributed by atoms with van der Waals surface area (Å²) in [5.74, 6) is 0.964. The topological polar surface area (TPSA) is 20.3 Å². The van der Waals surface area contributed by atoms with Gasteiger partial charge in [0.1, 0.15) is 6.29 Å². The molecule has 0 atom stereocenters. The molecule has 1 aliphatic rings. The van der Waals surface area contributed by atoms with Crippen LogP contribution < -0.4 is 0 Å². The first kappa shape index (κ1) is 11.7. The number of hydrogen-bond donors (Lipinski definition) is 0. The summed E-state index contributed by atoms with van der Waals surface area (Å²) in [6, 6.07) is 0.734. The molecule has 0 saturated heterocycles. The van der Waals surface area contributed by atoms with Gasteiger partial charge in [-0.05, 0) is 38.6 Å². The standard InChI is InChI=1S/C12H23NO/c1-3-11-5-7-12(8-6-11)13(2)9-4-10-14/h10-12H,3-9H2,1-2H3. The molecule has 2 heteroatoms. The van der Waals surface area contributed by atoms with E-state index in [1.807, 2.05) is 0 Å². The highest BCUT2D eigenvalue weighted by Crippen LogP contribution is 2.28. The first-order valence-electron chi connectivity index (χ1n) is 5.91. The highest BCUT2D eigenvalue weighted by Gasteiger charge is 2.22. The van der Waals surface area contributed by atoms with Crippen LogP contribution in [0, 0.1) is 5.92 Å². The van der Waals surface area contributed by atoms with E-state index in [-0.39, 0.29) is 0 Å². The average molecular weight is 197 g/mol. The minimum Gasteiger partial charge on any atom is -0.303 e. The Hall–Kier alpha value is -0.370. The van der Waals surface area contributed by atoms with Crippen LogP contribution in [0.2, 0.25) is 0 Å². The van der Waals surface area contributed by atoms with Crippen LogP contribution in [0.3, 0.4) is 0 Å². The summed E-state index contributed by atoms with van der Waals surface area (Å²) in [5, 5.41) is 0. The number of carbonyl (C=O) groups is 1. The number of rotatable bonds is 5. The van der Waals surface area contributed by atoms with Crippen molar-refractivity contribution in [2.75, 3.05) is 13.6 Å². The van der Waals surface area contributed by atoms with E-state index in [1.165, 1.54) is 32.1 Å². The number of aldehydes is 1. The second-order valence-electron chi connectivity index (χ2n) is 4.52. The Morgan fingerprint density at radius 1 is 1.29 bits per heavy atom. The largest absolute Gasteiger partial charge is 0.303 e. The van der Waals surface area contributed by atoms with Crippen molar-refractivity contribution in [3.05, 3.63) is 0 Å². The van der Waals surface area contributed by atoms with Crippen LogP contribution in [0.4, 0.5) is 0 Å². The van der Waals surface area contributed by atoms with Crippen LogP contribution in [-0.4, -0.2) is 30.8 Å². The summed E-state index contributed by atoms with van der Waals surface area (Å²) in [6.07, 6.45) is 8.46. The zero-order valence-electron chi connectivity index (χ0n) is 9.54. The molecule has 0 aromatic heterocycles. The molecular formula is C12H23NO. The third-order valence-electron chi connectivity index (χ3n) is 3.62. The molecule has 1 aliphatic carbocycles. The van der Waals surface area contributed by atoms with Gasteiger partial charge in [0.05, 0.1) is 0 Å². The van der Waals surface area contributed by atoms with Crippen LogP contribution in [0.1, 0.15) is 45.4 Å². The Kier molecular flexibility index (Phi) is 5.16. The van der Waals surface area contributed by atoms with E-state index >= 15 is 0 Å². The monoisotopic (exact) mass is 197 g/mol. The third kappa shape index (κ3) is 3.41. The summed E-state index contributed by atoms with van der Waals surface area (Å²) >= 11 is 0. The van der Waals surface area contributed by atoms with Gasteiger partial charge < -0.3 is 9.69 Å². The maximum Gasteiger partial charge on any atom is 0.121 e. The van der Waals surface area contributed by atoms with Crippen molar-refractivity contribution in [1.29, 1.82) is 0 Å². The lowest BCUT2D eigenvalue weighted by Crippen LogP contribution is -2.35. The molecule has 0 aromatic rings. The van der Waals surface area contributed by atoms with Crippen LogP contribution in [0.5, 0.6) is 0 Å². The molecule has 1 saturated carbocycles. The van der Waals surface area contributed by atoms with Gasteiger partial charge in [-0.15, -0.1) is 0 Å². The fraction of sp³-hybridized carbons (Fsp3) is 0.917. The van der Waals surface area contributed by atoms with Gasteiger partial charge in [0.2, 0.25) is 0 Å². The lowest BCUT2D eigenvalue weighted by molar-refractivity contribution is -0.108. The zero-order chi connectivity index (χ0) is 10.4. The normalized spacial score (nSPS) is 27.9. The van der Waals surface area contributed by atoms with Gasteiger partial charge in [-0.25, -0.2) is 0 Å². The molecule has 1 fully saturated rings. The molecule has 82 valence electrons. The van der Waals surface area contributed by atoms with Crippen molar-refractivity contribution in [1.82, 2.24) is 4.90 Å². The highest BCUT2D eigenvalue weighted by molar-refractivity contribution is 5.49. The van der Waals surface area contributed by atoms with Crippen molar-refractivity contribution < 1.29 is 4.79 Å². The number of nitrogens with zero attached hydrogens (tertiary/aromatic N) is 1. The van der Waals surface area contributed by atoms with Crippen LogP contribution in [0.25, 0.3) is 0 Å². The quantitative estimate of drug-likeness (QED) is 0.631. The Balaban J connectivity index is 2.22. The molecule has 0 amide bonds. The predicted molar refractivity (Wildman–Crippen MR) is 59.3 cm³/mol. The van der Waals surface area contributed by atoms with E-state index in [1.54, 1.807) is 0 Å². The molecule has 0 spiro atoms. The molecule has 0 heterocycles. The van der Waals surface area contributed by atoms with E-state index in [4.69, 9.17) is 0 Å².